The molecule has 2 aromatic rings. The molecule has 1 aromatic carbocycles. The second-order valence-corrected chi connectivity index (χ2v) is 5.26. The van der Waals surface area contributed by atoms with Gasteiger partial charge in [0.2, 0.25) is 0 Å². The van der Waals surface area contributed by atoms with Gasteiger partial charge in [-0.1, -0.05) is 12.1 Å². The Balaban J connectivity index is 1.65. The SMILES string of the molecule is CC1CN(CCn2cnc3ccccc32)CCCO1. The molecule has 1 aromatic heterocycles. The summed E-state index contributed by atoms with van der Waals surface area (Å²) in [5.74, 6) is 0. The quantitative estimate of drug-likeness (QED) is 0.846. The van der Waals surface area contributed by atoms with Crippen LogP contribution in [-0.4, -0.2) is 46.8 Å². The molecule has 1 aliphatic heterocycles. The molecule has 4 nitrogen and oxygen atoms in total. The molecule has 0 spiro atoms. The lowest BCUT2D eigenvalue weighted by Gasteiger charge is -2.21. The van der Waals surface area contributed by atoms with Crippen LogP contribution in [0.3, 0.4) is 0 Å². The third-order valence-corrected chi connectivity index (χ3v) is 3.72. The topological polar surface area (TPSA) is 30.3 Å². The summed E-state index contributed by atoms with van der Waals surface area (Å²) in [5, 5.41) is 0. The van der Waals surface area contributed by atoms with Crippen molar-refractivity contribution in [2.45, 2.75) is 26.0 Å². The van der Waals surface area contributed by atoms with E-state index in [4.69, 9.17) is 4.74 Å². The van der Waals surface area contributed by atoms with Gasteiger partial charge in [0.25, 0.3) is 0 Å². The Labute approximate surface area is 114 Å². The lowest BCUT2D eigenvalue weighted by atomic mass is 10.3. The van der Waals surface area contributed by atoms with Crippen molar-refractivity contribution in [3.63, 3.8) is 0 Å². The fraction of sp³-hybridized carbons (Fsp3) is 0.533. The minimum absolute atomic E-state index is 0.349. The van der Waals surface area contributed by atoms with Crippen LogP contribution in [0, 0.1) is 0 Å². The van der Waals surface area contributed by atoms with Crippen LogP contribution >= 0.6 is 0 Å². The summed E-state index contributed by atoms with van der Waals surface area (Å²) in [6.45, 7) is 7.28. The molecule has 1 aliphatic rings. The Morgan fingerprint density at radius 2 is 2.21 bits per heavy atom. The zero-order valence-corrected chi connectivity index (χ0v) is 11.5. The summed E-state index contributed by atoms with van der Waals surface area (Å²) in [4.78, 5) is 6.93. The average Bonchev–Trinajstić information content (AvgIpc) is 2.72. The molecule has 1 unspecified atom stereocenters. The van der Waals surface area contributed by atoms with Crippen LogP contribution in [0.25, 0.3) is 11.0 Å². The average molecular weight is 259 g/mol. The van der Waals surface area contributed by atoms with Crippen molar-refractivity contribution < 1.29 is 4.74 Å². The predicted molar refractivity (Wildman–Crippen MR) is 76.2 cm³/mol. The van der Waals surface area contributed by atoms with Crippen molar-refractivity contribution in [2.75, 3.05) is 26.2 Å². The molecule has 2 heterocycles. The first-order valence-electron chi connectivity index (χ1n) is 7.07. The van der Waals surface area contributed by atoms with Crippen LogP contribution in [0.4, 0.5) is 0 Å². The van der Waals surface area contributed by atoms with Gasteiger partial charge in [-0.15, -0.1) is 0 Å². The Morgan fingerprint density at radius 3 is 3.16 bits per heavy atom. The monoisotopic (exact) mass is 259 g/mol. The van der Waals surface area contributed by atoms with E-state index in [1.54, 1.807) is 0 Å². The summed E-state index contributed by atoms with van der Waals surface area (Å²) in [6.07, 6.45) is 3.43. The maximum absolute atomic E-state index is 5.68. The molecule has 0 aliphatic carbocycles. The molecular formula is C15H21N3O. The zero-order valence-electron chi connectivity index (χ0n) is 11.5. The van der Waals surface area contributed by atoms with E-state index in [1.165, 1.54) is 5.52 Å². The Morgan fingerprint density at radius 1 is 1.32 bits per heavy atom. The van der Waals surface area contributed by atoms with Gasteiger partial charge >= 0.3 is 0 Å². The van der Waals surface area contributed by atoms with Gasteiger partial charge in [0.15, 0.2) is 0 Å². The fourth-order valence-electron chi connectivity index (χ4n) is 2.72. The number of aromatic nitrogens is 2. The number of para-hydroxylation sites is 2. The van der Waals surface area contributed by atoms with Gasteiger partial charge in [0, 0.05) is 32.8 Å². The number of nitrogens with zero attached hydrogens (tertiary/aromatic N) is 3. The third-order valence-electron chi connectivity index (χ3n) is 3.72. The van der Waals surface area contributed by atoms with Crippen LogP contribution in [0.2, 0.25) is 0 Å². The number of hydrogen-bond acceptors (Lipinski definition) is 3. The highest BCUT2D eigenvalue weighted by Gasteiger charge is 2.14. The normalized spacial score (nSPS) is 21.6. The van der Waals surface area contributed by atoms with E-state index in [9.17, 15) is 0 Å². The highest BCUT2D eigenvalue weighted by molar-refractivity contribution is 5.74. The molecule has 0 N–H and O–H groups in total. The van der Waals surface area contributed by atoms with Gasteiger partial charge in [0.05, 0.1) is 23.5 Å². The lowest BCUT2D eigenvalue weighted by molar-refractivity contribution is 0.0673. The molecule has 1 atom stereocenters. The van der Waals surface area contributed by atoms with Crippen LogP contribution < -0.4 is 0 Å². The molecule has 1 saturated heterocycles. The molecule has 0 radical (unpaired) electrons. The maximum Gasteiger partial charge on any atom is 0.0958 e. The van der Waals surface area contributed by atoms with E-state index in [1.807, 2.05) is 12.4 Å². The summed E-state index contributed by atoms with van der Waals surface area (Å²) in [5.41, 5.74) is 2.30. The van der Waals surface area contributed by atoms with Crippen LogP contribution in [0.1, 0.15) is 13.3 Å². The van der Waals surface area contributed by atoms with E-state index in [0.717, 1.165) is 44.7 Å². The summed E-state index contributed by atoms with van der Waals surface area (Å²) < 4.78 is 7.92. The van der Waals surface area contributed by atoms with Gasteiger partial charge in [-0.2, -0.15) is 0 Å². The third kappa shape index (κ3) is 2.96. The lowest BCUT2D eigenvalue weighted by Crippen LogP contribution is -2.32. The number of hydrogen-bond donors (Lipinski definition) is 0. The Hall–Kier alpha value is -1.39. The molecule has 3 rings (SSSR count). The van der Waals surface area contributed by atoms with Crippen molar-refractivity contribution >= 4 is 11.0 Å². The first kappa shape index (κ1) is 12.6. The summed E-state index contributed by atoms with van der Waals surface area (Å²) >= 11 is 0. The standard InChI is InChI=1S/C15H21N3O/c1-13-11-17(7-4-10-19-13)8-9-18-12-16-14-5-2-3-6-15(14)18/h2-3,5-6,12-13H,4,7-11H2,1H3. The van der Waals surface area contributed by atoms with E-state index in [-0.39, 0.29) is 0 Å². The minimum atomic E-state index is 0.349. The van der Waals surface area contributed by atoms with E-state index >= 15 is 0 Å². The van der Waals surface area contributed by atoms with E-state index < -0.39 is 0 Å². The van der Waals surface area contributed by atoms with Gasteiger partial charge in [0.1, 0.15) is 0 Å². The van der Waals surface area contributed by atoms with Crippen LogP contribution in [0.15, 0.2) is 30.6 Å². The fourth-order valence-corrected chi connectivity index (χ4v) is 2.72. The van der Waals surface area contributed by atoms with Crippen molar-refractivity contribution in [1.29, 1.82) is 0 Å². The van der Waals surface area contributed by atoms with Crippen LogP contribution in [0.5, 0.6) is 0 Å². The number of benzene rings is 1. The first-order chi connectivity index (χ1) is 9.33. The molecule has 0 saturated carbocycles. The molecule has 19 heavy (non-hydrogen) atoms. The van der Waals surface area contributed by atoms with Crippen molar-refractivity contribution in [3.8, 4) is 0 Å². The van der Waals surface area contributed by atoms with Gasteiger partial charge < -0.3 is 9.30 Å². The molecular weight excluding hydrogens is 238 g/mol. The second kappa shape index (κ2) is 5.72. The predicted octanol–water partition coefficient (Wildman–Crippen LogP) is 2.15. The Bertz CT molecular complexity index is 537. The minimum Gasteiger partial charge on any atom is -0.377 e. The molecule has 4 heteroatoms. The van der Waals surface area contributed by atoms with Gasteiger partial charge in [-0.25, -0.2) is 4.98 Å². The van der Waals surface area contributed by atoms with Gasteiger partial charge in [-0.05, 0) is 25.5 Å². The number of rotatable bonds is 3. The van der Waals surface area contributed by atoms with Crippen molar-refractivity contribution in [3.05, 3.63) is 30.6 Å². The molecule has 102 valence electrons. The van der Waals surface area contributed by atoms with Gasteiger partial charge in [-0.3, -0.25) is 4.90 Å². The zero-order chi connectivity index (χ0) is 13.1. The highest BCUT2D eigenvalue weighted by Crippen LogP contribution is 2.12. The first-order valence-corrected chi connectivity index (χ1v) is 7.07. The summed E-state index contributed by atoms with van der Waals surface area (Å²) in [6, 6.07) is 8.31. The Kier molecular flexibility index (Phi) is 3.80. The summed E-state index contributed by atoms with van der Waals surface area (Å²) in [7, 11) is 0. The van der Waals surface area contributed by atoms with Crippen molar-refractivity contribution in [2.24, 2.45) is 0 Å². The molecule has 1 fully saturated rings. The molecule has 0 amide bonds. The smallest absolute Gasteiger partial charge is 0.0958 e. The second-order valence-electron chi connectivity index (χ2n) is 5.26. The van der Waals surface area contributed by atoms with E-state index in [0.29, 0.717) is 6.10 Å². The number of imidazole rings is 1. The number of fused-ring (bicyclic) bond motifs is 1. The number of ether oxygens (including phenoxy) is 1. The molecule has 0 bridgehead atoms. The van der Waals surface area contributed by atoms with Crippen molar-refractivity contribution in [1.82, 2.24) is 14.5 Å². The highest BCUT2D eigenvalue weighted by atomic mass is 16.5. The largest absolute Gasteiger partial charge is 0.377 e. The van der Waals surface area contributed by atoms with Crippen LogP contribution in [-0.2, 0) is 11.3 Å². The maximum atomic E-state index is 5.68. The van der Waals surface area contributed by atoms with E-state index in [2.05, 4.69) is 39.6 Å².